The second kappa shape index (κ2) is 3.27. The van der Waals surface area contributed by atoms with E-state index in [1.54, 1.807) is 0 Å². The topological polar surface area (TPSA) is 12.9 Å². The molecular weight excluding hydrogens is 244 g/mol. The lowest BCUT2D eigenvalue weighted by molar-refractivity contribution is 0.581. The summed E-state index contributed by atoms with van der Waals surface area (Å²) in [5, 5.41) is 0. The van der Waals surface area contributed by atoms with Crippen molar-refractivity contribution in [1.29, 1.82) is 0 Å². The Morgan fingerprint density at radius 3 is 2.90 bits per heavy atom. The molecule has 1 radical (unpaired) electrons. The monoisotopic (exact) mass is 250 g/mol. The van der Waals surface area contributed by atoms with Crippen LogP contribution in [0.1, 0.15) is 5.56 Å². The number of nitrogens with zero attached hydrogens (tertiary/aromatic N) is 1. The summed E-state index contributed by atoms with van der Waals surface area (Å²) in [5.74, 6) is -0.429. The first kappa shape index (κ1) is 7.91. The molecule has 1 aromatic rings. The minimum Gasteiger partial charge on any atom is -0.228 e. The lowest BCUT2D eigenvalue weighted by atomic mass is 10.2. The van der Waals surface area contributed by atoms with Crippen LogP contribution in [0.3, 0.4) is 0 Å². The molecule has 10 heavy (non-hydrogen) atoms. The SMILES string of the molecule is [CH2]Cc1cnc(F)cc1I. The summed E-state index contributed by atoms with van der Waals surface area (Å²) < 4.78 is 13.2. The van der Waals surface area contributed by atoms with E-state index in [4.69, 9.17) is 0 Å². The Balaban J connectivity index is 3.07. The summed E-state index contributed by atoms with van der Waals surface area (Å²) in [7, 11) is 0. The lowest BCUT2D eigenvalue weighted by Crippen LogP contribution is -1.90. The first-order chi connectivity index (χ1) is 4.74. The van der Waals surface area contributed by atoms with E-state index in [-0.39, 0.29) is 0 Å². The normalized spacial score (nSPS) is 9.90. The summed E-state index contributed by atoms with van der Waals surface area (Å²) in [4.78, 5) is 3.50. The predicted octanol–water partition coefficient (Wildman–Crippen LogP) is 2.20. The summed E-state index contributed by atoms with van der Waals surface area (Å²) >= 11 is 2.07. The molecule has 0 atom stereocenters. The maximum absolute atomic E-state index is 12.3. The van der Waals surface area contributed by atoms with Crippen molar-refractivity contribution in [3.8, 4) is 0 Å². The van der Waals surface area contributed by atoms with Crippen LogP contribution in [-0.2, 0) is 6.42 Å². The van der Waals surface area contributed by atoms with Gasteiger partial charge in [-0.05, 0) is 41.5 Å². The van der Waals surface area contributed by atoms with Crippen molar-refractivity contribution in [3.05, 3.63) is 34.3 Å². The van der Waals surface area contributed by atoms with Crippen LogP contribution in [0, 0.1) is 16.4 Å². The standard InChI is InChI=1S/C7H6FIN/c1-2-5-4-10-7(8)3-6(5)9/h3-4H,1-2H2. The first-order valence-corrected chi connectivity index (χ1v) is 3.91. The summed E-state index contributed by atoms with van der Waals surface area (Å²) in [6.45, 7) is 3.68. The van der Waals surface area contributed by atoms with Crippen LogP contribution >= 0.6 is 22.6 Å². The maximum atomic E-state index is 12.3. The van der Waals surface area contributed by atoms with Gasteiger partial charge in [0.05, 0.1) is 0 Å². The molecule has 0 fully saturated rings. The molecule has 1 aromatic heterocycles. The van der Waals surface area contributed by atoms with Crippen LogP contribution < -0.4 is 0 Å². The number of aromatic nitrogens is 1. The highest BCUT2D eigenvalue weighted by molar-refractivity contribution is 14.1. The number of halogens is 2. The number of hydrogen-bond donors (Lipinski definition) is 0. The Bertz CT molecular complexity index is 237. The number of hydrogen-bond acceptors (Lipinski definition) is 1. The van der Waals surface area contributed by atoms with Gasteiger partial charge < -0.3 is 0 Å². The fraction of sp³-hybridized carbons (Fsp3) is 0.143. The van der Waals surface area contributed by atoms with Crippen LogP contribution in [0.4, 0.5) is 4.39 Å². The highest BCUT2D eigenvalue weighted by atomic mass is 127. The molecule has 0 aliphatic rings. The zero-order valence-corrected chi connectivity index (χ0v) is 7.43. The van der Waals surface area contributed by atoms with Gasteiger partial charge in [-0.1, -0.05) is 0 Å². The molecule has 0 N–H and O–H groups in total. The van der Waals surface area contributed by atoms with Crippen LogP contribution in [0.2, 0.25) is 0 Å². The fourth-order valence-corrected chi connectivity index (χ4v) is 1.29. The van der Waals surface area contributed by atoms with E-state index in [0.29, 0.717) is 6.42 Å². The first-order valence-electron chi connectivity index (χ1n) is 2.83. The van der Waals surface area contributed by atoms with Gasteiger partial charge in [-0.25, -0.2) is 4.98 Å². The molecule has 53 valence electrons. The predicted molar refractivity (Wildman–Crippen MR) is 46.0 cm³/mol. The number of rotatable bonds is 1. The number of pyridine rings is 1. The Hall–Kier alpha value is -0.190. The Labute approximate surface area is 72.8 Å². The molecule has 0 aliphatic heterocycles. The Morgan fingerprint density at radius 1 is 1.70 bits per heavy atom. The van der Waals surface area contributed by atoms with Gasteiger partial charge in [0, 0.05) is 15.8 Å². The van der Waals surface area contributed by atoms with Crippen LogP contribution in [0.25, 0.3) is 0 Å². The van der Waals surface area contributed by atoms with Gasteiger partial charge in [-0.15, -0.1) is 0 Å². The third-order valence-electron chi connectivity index (χ3n) is 1.17. The fourth-order valence-electron chi connectivity index (χ4n) is 0.620. The molecule has 0 saturated carbocycles. The second-order valence-electron chi connectivity index (χ2n) is 1.85. The summed E-state index contributed by atoms with van der Waals surface area (Å²) in [6, 6.07) is 1.40. The van der Waals surface area contributed by atoms with E-state index >= 15 is 0 Å². The third-order valence-corrected chi connectivity index (χ3v) is 2.17. The van der Waals surface area contributed by atoms with Crippen molar-refractivity contribution < 1.29 is 4.39 Å². The van der Waals surface area contributed by atoms with Crippen molar-refractivity contribution in [2.24, 2.45) is 0 Å². The zero-order valence-electron chi connectivity index (χ0n) is 5.27. The average molecular weight is 250 g/mol. The smallest absolute Gasteiger partial charge is 0.213 e. The van der Waals surface area contributed by atoms with Gasteiger partial charge in [-0.3, -0.25) is 0 Å². The molecule has 1 heterocycles. The molecule has 0 unspecified atom stereocenters. The molecule has 0 bridgehead atoms. The van der Waals surface area contributed by atoms with Crippen LogP contribution in [0.5, 0.6) is 0 Å². The van der Waals surface area contributed by atoms with E-state index in [0.717, 1.165) is 9.13 Å². The molecule has 1 rings (SSSR count). The van der Waals surface area contributed by atoms with Crippen LogP contribution in [-0.4, -0.2) is 4.98 Å². The molecule has 1 nitrogen and oxygen atoms in total. The highest BCUT2D eigenvalue weighted by Gasteiger charge is 1.98. The van der Waals surface area contributed by atoms with Gasteiger partial charge in [0.1, 0.15) is 0 Å². The molecule has 3 heteroatoms. The molecule has 0 amide bonds. The molecule has 0 saturated heterocycles. The minimum atomic E-state index is -0.429. The summed E-state index contributed by atoms with van der Waals surface area (Å²) in [5.41, 5.74) is 0.988. The van der Waals surface area contributed by atoms with Crippen molar-refractivity contribution in [1.82, 2.24) is 4.98 Å². The van der Waals surface area contributed by atoms with Crippen molar-refractivity contribution >= 4 is 22.6 Å². The minimum absolute atomic E-state index is 0.429. The van der Waals surface area contributed by atoms with Gasteiger partial charge in [-0.2, -0.15) is 4.39 Å². The zero-order chi connectivity index (χ0) is 7.56. The van der Waals surface area contributed by atoms with Crippen molar-refractivity contribution in [2.75, 3.05) is 0 Å². The Kier molecular flexibility index (Phi) is 2.59. The highest BCUT2D eigenvalue weighted by Crippen LogP contribution is 2.11. The van der Waals surface area contributed by atoms with Crippen molar-refractivity contribution in [3.63, 3.8) is 0 Å². The van der Waals surface area contributed by atoms with E-state index in [2.05, 4.69) is 34.5 Å². The van der Waals surface area contributed by atoms with Crippen LogP contribution in [0.15, 0.2) is 12.3 Å². The van der Waals surface area contributed by atoms with Gasteiger partial charge >= 0.3 is 0 Å². The Morgan fingerprint density at radius 2 is 2.40 bits per heavy atom. The summed E-state index contributed by atoms with van der Waals surface area (Å²) in [6.07, 6.45) is 2.18. The van der Waals surface area contributed by atoms with Gasteiger partial charge in [0.15, 0.2) is 0 Å². The van der Waals surface area contributed by atoms with Gasteiger partial charge in [0.25, 0.3) is 0 Å². The van der Waals surface area contributed by atoms with E-state index < -0.39 is 5.95 Å². The molecule has 0 spiro atoms. The maximum Gasteiger partial charge on any atom is 0.213 e. The van der Waals surface area contributed by atoms with E-state index in [1.165, 1.54) is 12.3 Å². The third kappa shape index (κ3) is 1.65. The lowest BCUT2D eigenvalue weighted by Gasteiger charge is -1.97. The molecule has 0 aliphatic carbocycles. The largest absolute Gasteiger partial charge is 0.228 e. The van der Waals surface area contributed by atoms with E-state index in [1.807, 2.05) is 0 Å². The average Bonchev–Trinajstić information content (AvgIpc) is 1.88. The second-order valence-corrected chi connectivity index (χ2v) is 3.01. The van der Waals surface area contributed by atoms with E-state index in [9.17, 15) is 4.39 Å². The molecular formula is C7H6FIN. The van der Waals surface area contributed by atoms with Crippen molar-refractivity contribution in [2.45, 2.75) is 6.42 Å². The quantitative estimate of drug-likeness (QED) is 0.550. The molecule has 0 aromatic carbocycles. The van der Waals surface area contributed by atoms with Gasteiger partial charge in [0.2, 0.25) is 5.95 Å².